The van der Waals surface area contributed by atoms with Gasteiger partial charge in [-0.1, -0.05) is 30.8 Å². The van der Waals surface area contributed by atoms with Gasteiger partial charge in [-0.3, -0.25) is 0 Å². The second-order valence-electron chi connectivity index (χ2n) is 3.72. The molecule has 0 saturated carbocycles. The van der Waals surface area contributed by atoms with E-state index in [1.165, 1.54) is 11.5 Å². The summed E-state index contributed by atoms with van der Waals surface area (Å²) in [6.45, 7) is 4.12. The van der Waals surface area contributed by atoms with Crippen LogP contribution in [-0.4, -0.2) is 40.5 Å². The molecular weight excluding hydrogens is 319 g/mol. The summed E-state index contributed by atoms with van der Waals surface area (Å²) in [5.41, 5.74) is 5.38. The Morgan fingerprint density at radius 2 is 2.25 bits per heavy atom. The van der Waals surface area contributed by atoms with E-state index in [4.69, 9.17) is 26.9 Å². The Balaban J connectivity index is 2.27. The SMILES string of the molecule is CCP(=S)(CC)OC(=O)/C=N\OCCc1nc(N)ns1. The molecule has 2 N–H and O–H groups in total. The molecule has 0 saturated heterocycles. The zero-order chi connectivity index (χ0) is 15.0. The highest BCUT2D eigenvalue weighted by atomic mass is 32.4. The van der Waals surface area contributed by atoms with Crippen molar-refractivity contribution >= 4 is 47.7 Å². The quantitative estimate of drug-likeness (QED) is 0.333. The standard InChI is InChI=1S/C10H17N4O3PS2/c1-3-18(19,4-2)17-9(15)7-12-16-6-5-8-13-10(11)14-20-8/h7H,3-6H2,1-2H3,(H2,11,14)/b12-7-. The molecule has 20 heavy (non-hydrogen) atoms. The van der Waals surface area contributed by atoms with E-state index in [9.17, 15) is 4.79 Å². The fourth-order valence-electron chi connectivity index (χ4n) is 1.18. The van der Waals surface area contributed by atoms with E-state index in [2.05, 4.69) is 14.5 Å². The van der Waals surface area contributed by atoms with E-state index in [0.29, 0.717) is 18.7 Å². The largest absolute Gasteiger partial charge is 0.433 e. The summed E-state index contributed by atoms with van der Waals surface area (Å²) in [6, 6.07) is 0. The summed E-state index contributed by atoms with van der Waals surface area (Å²) in [5.74, 6) is -0.306. The Bertz CT molecular complexity index is 512. The summed E-state index contributed by atoms with van der Waals surface area (Å²) >= 11 is 6.50. The normalized spacial score (nSPS) is 11.7. The molecule has 1 aromatic rings. The fraction of sp³-hybridized carbons (Fsp3) is 0.600. The highest BCUT2D eigenvalue weighted by Crippen LogP contribution is 2.46. The van der Waals surface area contributed by atoms with E-state index in [1.54, 1.807) is 0 Å². The minimum Gasteiger partial charge on any atom is -0.433 e. The maximum atomic E-state index is 11.5. The molecule has 0 bridgehead atoms. The van der Waals surface area contributed by atoms with Gasteiger partial charge in [0, 0.05) is 18.7 Å². The number of rotatable bonds is 8. The molecule has 1 aromatic heterocycles. The smallest absolute Gasteiger partial charge is 0.356 e. The maximum absolute atomic E-state index is 11.5. The molecule has 1 heterocycles. The van der Waals surface area contributed by atoms with Crippen LogP contribution in [-0.2, 0) is 32.4 Å². The zero-order valence-corrected chi connectivity index (χ0v) is 13.8. The molecule has 0 aliphatic heterocycles. The number of carbonyl (C=O) groups excluding carboxylic acids is 1. The number of nitrogens with two attached hydrogens (primary N) is 1. The van der Waals surface area contributed by atoms with Gasteiger partial charge < -0.3 is 15.1 Å². The second-order valence-corrected chi connectivity index (χ2v) is 9.63. The summed E-state index contributed by atoms with van der Waals surface area (Å²) in [4.78, 5) is 20.4. The molecule has 10 heteroatoms. The van der Waals surface area contributed by atoms with Gasteiger partial charge in [0.15, 0.2) is 6.21 Å². The highest BCUT2D eigenvalue weighted by Gasteiger charge is 2.16. The monoisotopic (exact) mass is 336 g/mol. The second kappa shape index (κ2) is 8.28. The van der Waals surface area contributed by atoms with Crippen LogP contribution in [0.5, 0.6) is 0 Å². The third kappa shape index (κ3) is 5.94. The maximum Gasteiger partial charge on any atom is 0.356 e. The molecule has 112 valence electrons. The molecule has 7 nitrogen and oxygen atoms in total. The average Bonchev–Trinajstić information content (AvgIpc) is 2.84. The summed E-state index contributed by atoms with van der Waals surface area (Å²) in [7, 11) is 0. The first-order valence-corrected chi connectivity index (χ1v) is 9.90. The van der Waals surface area contributed by atoms with Gasteiger partial charge in [0.05, 0.1) is 0 Å². The Hall–Kier alpha value is -1.05. The van der Waals surface area contributed by atoms with Crippen LogP contribution in [0.4, 0.5) is 5.95 Å². The Morgan fingerprint density at radius 1 is 1.55 bits per heavy atom. The Morgan fingerprint density at radius 3 is 2.80 bits per heavy atom. The number of hydrogen-bond acceptors (Lipinski definition) is 9. The van der Waals surface area contributed by atoms with Crippen molar-refractivity contribution in [2.75, 3.05) is 24.7 Å². The molecule has 0 aliphatic carbocycles. The van der Waals surface area contributed by atoms with Crippen molar-refractivity contribution in [3.05, 3.63) is 5.01 Å². The van der Waals surface area contributed by atoms with Crippen molar-refractivity contribution < 1.29 is 14.2 Å². The Labute approximate surface area is 126 Å². The molecule has 0 unspecified atom stereocenters. The van der Waals surface area contributed by atoms with Gasteiger partial charge in [0.1, 0.15) is 17.9 Å². The van der Waals surface area contributed by atoms with Gasteiger partial charge in [0.2, 0.25) is 5.95 Å². The van der Waals surface area contributed by atoms with Crippen molar-refractivity contribution in [2.24, 2.45) is 5.16 Å². The van der Waals surface area contributed by atoms with Crippen molar-refractivity contribution in [1.82, 2.24) is 9.36 Å². The number of aromatic nitrogens is 2. The molecule has 1 rings (SSSR count). The minimum atomic E-state index is -2.03. The molecule has 0 fully saturated rings. The van der Waals surface area contributed by atoms with Gasteiger partial charge >= 0.3 is 5.97 Å². The van der Waals surface area contributed by atoms with E-state index < -0.39 is 12.2 Å². The lowest BCUT2D eigenvalue weighted by Crippen LogP contribution is -2.07. The summed E-state index contributed by atoms with van der Waals surface area (Å²) in [5, 5.41) is 4.30. The predicted molar refractivity (Wildman–Crippen MR) is 83.9 cm³/mol. The van der Waals surface area contributed by atoms with Gasteiger partial charge in [-0.25, -0.2) is 9.78 Å². The highest BCUT2D eigenvalue weighted by molar-refractivity contribution is 8.12. The van der Waals surface area contributed by atoms with E-state index in [0.717, 1.165) is 11.2 Å². The third-order valence-corrected chi connectivity index (χ3v) is 7.34. The van der Waals surface area contributed by atoms with Crippen LogP contribution in [0, 0.1) is 0 Å². The molecule has 0 spiro atoms. The Kier molecular flexibility index (Phi) is 7.04. The zero-order valence-electron chi connectivity index (χ0n) is 11.3. The van der Waals surface area contributed by atoms with Gasteiger partial charge in [0.25, 0.3) is 0 Å². The van der Waals surface area contributed by atoms with Crippen LogP contribution in [0.25, 0.3) is 0 Å². The molecule has 0 aliphatic rings. The first-order valence-electron chi connectivity index (χ1n) is 6.04. The van der Waals surface area contributed by atoms with Crippen LogP contribution in [0.3, 0.4) is 0 Å². The summed E-state index contributed by atoms with van der Waals surface area (Å²) in [6.07, 6.45) is 0.857. The first kappa shape index (κ1) is 17.0. The van der Waals surface area contributed by atoms with E-state index in [1.807, 2.05) is 13.8 Å². The van der Waals surface area contributed by atoms with Crippen molar-refractivity contribution in [3.63, 3.8) is 0 Å². The first-order chi connectivity index (χ1) is 9.49. The van der Waals surface area contributed by atoms with Crippen LogP contribution < -0.4 is 5.73 Å². The average molecular weight is 336 g/mol. The molecule has 0 aromatic carbocycles. The van der Waals surface area contributed by atoms with Crippen LogP contribution in [0.2, 0.25) is 0 Å². The predicted octanol–water partition coefficient (Wildman–Crippen LogP) is 1.64. The number of hydrogen-bond donors (Lipinski definition) is 1. The van der Waals surface area contributed by atoms with Crippen molar-refractivity contribution in [3.8, 4) is 0 Å². The van der Waals surface area contributed by atoms with Crippen LogP contribution >= 0.6 is 17.8 Å². The van der Waals surface area contributed by atoms with E-state index >= 15 is 0 Å². The number of nitrogen functional groups attached to an aromatic ring is 1. The van der Waals surface area contributed by atoms with E-state index in [-0.39, 0.29) is 12.6 Å². The summed E-state index contributed by atoms with van der Waals surface area (Å²) < 4.78 is 9.06. The van der Waals surface area contributed by atoms with Crippen molar-refractivity contribution in [1.29, 1.82) is 0 Å². The van der Waals surface area contributed by atoms with Crippen molar-refractivity contribution in [2.45, 2.75) is 20.3 Å². The number of anilines is 1. The molecular formula is C10H17N4O3PS2. The number of oxime groups is 1. The fourth-order valence-corrected chi connectivity index (χ4v) is 3.03. The van der Waals surface area contributed by atoms with Crippen LogP contribution in [0.1, 0.15) is 18.9 Å². The number of nitrogens with zero attached hydrogens (tertiary/aromatic N) is 3. The van der Waals surface area contributed by atoms with Crippen LogP contribution in [0.15, 0.2) is 5.16 Å². The minimum absolute atomic E-state index is 0.252. The lowest BCUT2D eigenvalue weighted by Gasteiger charge is -2.16. The van der Waals surface area contributed by atoms with Gasteiger partial charge in [-0.15, -0.1) is 0 Å². The number of carbonyl (C=O) groups is 1. The third-order valence-electron chi connectivity index (χ3n) is 2.34. The molecule has 0 radical (unpaired) electrons. The lowest BCUT2D eigenvalue weighted by molar-refractivity contribution is -0.126. The molecule has 0 atom stereocenters. The molecule has 0 amide bonds. The topological polar surface area (TPSA) is 99.7 Å². The lowest BCUT2D eigenvalue weighted by atomic mass is 10.5. The van der Waals surface area contributed by atoms with Gasteiger partial charge in [-0.2, -0.15) is 4.37 Å². The van der Waals surface area contributed by atoms with Gasteiger partial charge in [-0.05, 0) is 11.5 Å².